The lowest BCUT2D eigenvalue weighted by Gasteiger charge is -2.29. The molecule has 2 saturated carbocycles. The zero-order chi connectivity index (χ0) is 29.0. The van der Waals surface area contributed by atoms with Crippen LogP contribution in [-0.2, 0) is 19.4 Å². The van der Waals surface area contributed by atoms with E-state index < -0.39 is 105 Å². The third kappa shape index (κ3) is 5.77. The van der Waals surface area contributed by atoms with Crippen LogP contribution in [0.3, 0.4) is 0 Å². The van der Waals surface area contributed by atoms with Gasteiger partial charge in [0.05, 0.1) is 34.3 Å². The van der Waals surface area contributed by atoms with Gasteiger partial charge in [-0.1, -0.05) is 11.6 Å². The van der Waals surface area contributed by atoms with Crippen molar-refractivity contribution in [2.45, 2.75) is 72.6 Å². The fraction of sp³-hybridized carbons (Fsp3) is 0.609. The van der Waals surface area contributed by atoms with Crippen molar-refractivity contribution in [1.29, 1.82) is 5.26 Å². The van der Waals surface area contributed by atoms with E-state index in [1.807, 2.05) is 6.07 Å². The third-order valence-electron chi connectivity index (χ3n) is 7.16. The van der Waals surface area contributed by atoms with E-state index in [-0.39, 0.29) is 5.75 Å². The van der Waals surface area contributed by atoms with Gasteiger partial charge < -0.3 is 15.0 Å². The Bertz CT molecular complexity index is 1320. The first kappa shape index (κ1) is 29.3. The normalized spacial score (nSPS) is 23.6. The summed E-state index contributed by atoms with van der Waals surface area (Å²) in [6.07, 6.45) is -11.6. The number of likely N-dealkylation sites (tertiary alicyclic amines) is 1. The molecule has 0 spiro atoms. The van der Waals surface area contributed by atoms with E-state index in [2.05, 4.69) is 5.32 Å². The number of amides is 2. The lowest BCUT2D eigenvalue weighted by molar-refractivity contribution is -0.199. The summed E-state index contributed by atoms with van der Waals surface area (Å²) in [7, 11) is -4.44. The van der Waals surface area contributed by atoms with Crippen molar-refractivity contribution in [3.05, 3.63) is 23.2 Å². The van der Waals surface area contributed by atoms with Gasteiger partial charge in [-0.3, -0.25) is 9.59 Å². The Kier molecular flexibility index (Phi) is 7.29. The number of sulfone groups is 1. The van der Waals surface area contributed by atoms with Crippen molar-refractivity contribution in [3.8, 4) is 11.8 Å². The lowest BCUT2D eigenvalue weighted by atomic mass is 10.0. The van der Waals surface area contributed by atoms with E-state index in [0.29, 0.717) is 17.7 Å². The van der Waals surface area contributed by atoms with Crippen LogP contribution >= 0.6 is 11.6 Å². The molecule has 3 fully saturated rings. The molecule has 0 bridgehead atoms. The fourth-order valence-electron chi connectivity index (χ4n) is 4.49. The van der Waals surface area contributed by atoms with Crippen molar-refractivity contribution < 1.29 is 49.1 Å². The highest BCUT2D eigenvalue weighted by molar-refractivity contribution is 7.92. The number of nitrogens with one attached hydrogen (secondary N) is 1. The number of carbonyl (C=O) groups excluding carboxylic acids is 2. The van der Waals surface area contributed by atoms with Gasteiger partial charge >= 0.3 is 12.4 Å². The number of alkyl halides is 6. The molecule has 2 aliphatic carbocycles. The van der Waals surface area contributed by atoms with E-state index >= 15 is 0 Å². The van der Waals surface area contributed by atoms with Crippen LogP contribution in [0.4, 0.5) is 26.3 Å². The summed E-state index contributed by atoms with van der Waals surface area (Å²) >= 11 is 6.09. The van der Waals surface area contributed by atoms with Crippen LogP contribution in [0.2, 0.25) is 5.02 Å². The molecule has 1 N–H and O–H groups in total. The molecule has 1 aliphatic heterocycles. The second-order valence-electron chi connectivity index (χ2n) is 9.94. The van der Waals surface area contributed by atoms with E-state index in [1.165, 1.54) is 0 Å². The molecule has 1 aromatic carbocycles. The van der Waals surface area contributed by atoms with Gasteiger partial charge in [-0.15, -0.1) is 0 Å². The largest absolute Gasteiger partial charge is 0.493 e. The topological polar surface area (TPSA) is 117 Å². The highest BCUT2D eigenvalue weighted by Gasteiger charge is 2.70. The quantitative estimate of drug-likeness (QED) is 0.452. The van der Waals surface area contributed by atoms with Crippen molar-refractivity contribution >= 4 is 33.3 Å². The first-order valence-corrected chi connectivity index (χ1v) is 13.7. The number of benzene rings is 1. The van der Waals surface area contributed by atoms with Gasteiger partial charge in [-0.2, -0.15) is 31.6 Å². The highest BCUT2D eigenvalue weighted by Crippen LogP contribution is 2.59. The van der Waals surface area contributed by atoms with Crippen molar-refractivity contribution in [2.75, 3.05) is 13.2 Å². The van der Waals surface area contributed by atoms with Crippen molar-refractivity contribution in [1.82, 2.24) is 10.2 Å². The second-order valence-corrected chi connectivity index (χ2v) is 12.5. The molecule has 4 rings (SSSR count). The Morgan fingerprint density at radius 2 is 1.79 bits per heavy atom. The minimum absolute atomic E-state index is 0.143. The molecule has 0 radical (unpaired) electrons. The van der Waals surface area contributed by atoms with E-state index in [0.717, 1.165) is 18.2 Å². The van der Waals surface area contributed by atoms with Crippen LogP contribution in [-0.4, -0.2) is 67.5 Å². The maximum absolute atomic E-state index is 13.7. The summed E-state index contributed by atoms with van der Waals surface area (Å²) in [6.45, 7) is -1.47. The molecule has 0 aromatic heterocycles. The van der Waals surface area contributed by atoms with Gasteiger partial charge in [0.2, 0.25) is 11.8 Å². The predicted octanol–water partition coefficient (Wildman–Crippen LogP) is 3.93. The third-order valence-corrected chi connectivity index (χ3v) is 9.77. The molecule has 2 unspecified atom stereocenters. The van der Waals surface area contributed by atoms with Gasteiger partial charge in [-0.05, 0) is 44.2 Å². The summed E-state index contributed by atoms with van der Waals surface area (Å²) in [5, 5.41) is 9.76. The zero-order valence-corrected chi connectivity index (χ0v) is 21.6. The predicted molar refractivity (Wildman–Crippen MR) is 122 cm³/mol. The van der Waals surface area contributed by atoms with E-state index in [1.54, 1.807) is 0 Å². The number of hydrogen-bond donors (Lipinski definition) is 1. The van der Waals surface area contributed by atoms with Gasteiger partial charge in [0.25, 0.3) is 0 Å². The fourth-order valence-corrected chi connectivity index (χ4v) is 6.72. The lowest BCUT2D eigenvalue weighted by Crippen LogP contribution is -2.53. The zero-order valence-electron chi connectivity index (χ0n) is 20.0. The van der Waals surface area contributed by atoms with Crippen molar-refractivity contribution in [2.24, 2.45) is 5.41 Å². The Labute approximate surface area is 224 Å². The first-order valence-electron chi connectivity index (χ1n) is 11.8. The molecule has 2 amide bonds. The summed E-state index contributed by atoms with van der Waals surface area (Å²) in [5.41, 5.74) is -3.92. The SMILES string of the molecule is N#CC1(NC(=O)C2CC(S(=O)(=O)c3ccc(OCCC(F)(F)F)cc3Cl)CN2C(=O)C2(C(F)(F)F)CC2)CC1. The Morgan fingerprint density at radius 3 is 2.28 bits per heavy atom. The van der Waals surface area contributed by atoms with Crippen LogP contribution in [0.5, 0.6) is 5.75 Å². The average Bonchev–Trinajstić information content (AvgIpc) is 3.74. The average molecular weight is 602 g/mol. The molecule has 39 heavy (non-hydrogen) atoms. The van der Waals surface area contributed by atoms with Gasteiger partial charge in [0.15, 0.2) is 9.84 Å². The van der Waals surface area contributed by atoms with E-state index in [9.17, 15) is 49.6 Å². The monoisotopic (exact) mass is 601 g/mol. The molecule has 3 aliphatic rings. The Hall–Kier alpha value is -2.73. The number of carbonyl (C=O) groups is 2. The van der Waals surface area contributed by atoms with Crippen LogP contribution in [0, 0.1) is 16.7 Å². The minimum atomic E-state index is -4.91. The molecule has 1 heterocycles. The number of hydrogen-bond acceptors (Lipinski definition) is 6. The number of ether oxygens (including phenoxy) is 1. The minimum Gasteiger partial charge on any atom is -0.493 e. The molecule has 1 aromatic rings. The first-order chi connectivity index (χ1) is 17.9. The van der Waals surface area contributed by atoms with Crippen LogP contribution in [0.1, 0.15) is 38.5 Å². The molecule has 8 nitrogen and oxygen atoms in total. The Balaban J connectivity index is 1.58. The second kappa shape index (κ2) is 9.72. The maximum Gasteiger partial charge on any atom is 0.403 e. The highest BCUT2D eigenvalue weighted by atomic mass is 35.5. The van der Waals surface area contributed by atoms with Crippen LogP contribution in [0.25, 0.3) is 0 Å². The van der Waals surface area contributed by atoms with Gasteiger partial charge in [-0.25, -0.2) is 8.42 Å². The van der Waals surface area contributed by atoms with Crippen LogP contribution < -0.4 is 10.1 Å². The van der Waals surface area contributed by atoms with Crippen LogP contribution in [0.15, 0.2) is 23.1 Å². The van der Waals surface area contributed by atoms with Gasteiger partial charge in [0, 0.05) is 12.6 Å². The number of halogens is 7. The molecular formula is C23H22ClF6N3O5S. The van der Waals surface area contributed by atoms with E-state index in [4.69, 9.17) is 16.3 Å². The molecule has 1 saturated heterocycles. The van der Waals surface area contributed by atoms with Gasteiger partial charge in [0.1, 0.15) is 22.7 Å². The number of nitriles is 1. The summed E-state index contributed by atoms with van der Waals surface area (Å²) in [6, 6.07) is 3.36. The maximum atomic E-state index is 13.7. The Morgan fingerprint density at radius 1 is 1.15 bits per heavy atom. The molecule has 16 heteroatoms. The standard InChI is InChI=1S/C23H22ClF6N3O5S/c24-15-9-13(38-8-7-22(25,26)27)1-2-17(15)39(36,37)14-10-16(18(34)32-20(12-31)3-4-20)33(11-14)19(35)21(5-6-21)23(28,29)30/h1-2,9,14,16H,3-8,10-11H2,(H,32,34). The summed E-state index contributed by atoms with van der Waals surface area (Å²) < 4.78 is 110. The molecule has 2 atom stereocenters. The molecule has 214 valence electrons. The smallest absolute Gasteiger partial charge is 0.403 e. The number of nitrogens with zero attached hydrogens (tertiary/aromatic N) is 2. The summed E-state index contributed by atoms with van der Waals surface area (Å²) in [4.78, 5) is 26.2. The number of rotatable bonds is 8. The van der Waals surface area contributed by atoms with Crippen molar-refractivity contribution in [3.63, 3.8) is 0 Å². The summed E-state index contributed by atoms with van der Waals surface area (Å²) in [5.74, 6) is -2.48. The molecular weight excluding hydrogens is 580 g/mol.